The number of aromatic nitrogens is 1. The van der Waals surface area contributed by atoms with Gasteiger partial charge in [0, 0.05) is 11.6 Å². The van der Waals surface area contributed by atoms with Crippen LogP contribution < -0.4 is 20.7 Å². The molecule has 0 radical (unpaired) electrons. The summed E-state index contributed by atoms with van der Waals surface area (Å²) in [7, 11) is 1.66. The number of amides is 2. The van der Waals surface area contributed by atoms with E-state index in [1.54, 1.807) is 7.05 Å². The van der Waals surface area contributed by atoms with E-state index < -0.39 is 11.9 Å². The minimum absolute atomic E-state index is 0.112. The molecule has 1 fully saturated rings. The number of hydrogen-bond acceptors (Lipinski definition) is 6. The van der Waals surface area contributed by atoms with Gasteiger partial charge in [0.25, 0.3) is 0 Å². The molecule has 27 heavy (non-hydrogen) atoms. The lowest BCUT2D eigenvalue weighted by atomic mass is 10.1. The second kappa shape index (κ2) is 7.31. The van der Waals surface area contributed by atoms with Gasteiger partial charge in [-0.2, -0.15) is 0 Å². The Morgan fingerprint density at radius 3 is 2.67 bits per heavy atom. The van der Waals surface area contributed by atoms with Gasteiger partial charge >= 0.3 is 6.36 Å². The van der Waals surface area contributed by atoms with Gasteiger partial charge in [0.15, 0.2) is 5.13 Å². The summed E-state index contributed by atoms with van der Waals surface area (Å²) in [6.45, 7) is 0.170. The molecular weight excluding hydrogens is 385 g/mol. The molecule has 0 saturated heterocycles. The van der Waals surface area contributed by atoms with Gasteiger partial charge in [-0.25, -0.2) is 4.98 Å². The molecule has 1 aliphatic carbocycles. The summed E-state index contributed by atoms with van der Waals surface area (Å²) in [6, 6.07) is 3.77. The fraction of sp³-hybridized carbons (Fsp3) is 0.438. The monoisotopic (exact) mass is 402 g/mol. The topological polar surface area (TPSA) is 92.4 Å². The Labute approximate surface area is 156 Å². The van der Waals surface area contributed by atoms with Crippen LogP contribution in [0.3, 0.4) is 0 Å². The molecule has 0 spiro atoms. The highest BCUT2D eigenvalue weighted by Gasteiger charge is 2.45. The van der Waals surface area contributed by atoms with Crippen molar-refractivity contribution in [2.24, 2.45) is 0 Å². The van der Waals surface area contributed by atoms with Crippen molar-refractivity contribution < 1.29 is 27.5 Å². The number of nitrogens with one attached hydrogen (secondary N) is 3. The minimum atomic E-state index is -4.77. The van der Waals surface area contributed by atoms with Crippen LogP contribution in [0.15, 0.2) is 18.2 Å². The Bertz CT molecular complexity index is 864. The number of hydrogen-bond donors (Lipinski definition) is 3. The van der Waals surface area contributed by atoms with Crippen molar-refractivity contribution in [2.45, 2.75) is 31.2 Å². The summed E-state index contributed by atoms with van der Waals surface area (Å²) in [5, 5.41) is 8.49. The Balaban J connectivity index is 1.62. The second-order valence-corrected chi connectivity index (χ2v) is 7.31. The van der Waals surface area contributed by atoms with E-state index in [0.717, 1.165) is 17.4 Å². The van der Waals surface area contributed by atoms with Crippen molar-refractivity contribution in [3.8, 4) is 5.75 Å². The highest BCUT2D eigenvalue weighted by Crippen LogP contribution is 2.39. The lowest BCUT2D eigenvalue weighted by Crippen LogP contribution is -2.43. The van der Waals surface area contributed by atoms with E-state index in [9.17, 15) is 22.8 Å². The summed E-state index contributed by atoms with van der Waals surface area (Å²) in [5.41, 5.74) is -0.0733. The zero-order chi connectivity index (χ0) is 19.7. The fourth-order valence-electron chi connectivity index (χ4n) is 2.62. The molecule has 0 bridgehead atoms. The molecule has 1 aliphatic rings. The first-order chi connectivity index (χ1) is 12.7. The van der Waals surface area contributed by atoms with E-state index in [-0.39, 0.29) is 35.7 Å². The molecule has 2 amide bonds. The van der Waals surface area contributed by atoms with Crippen LogP contribution in [0, 0.1) is 0 Å². The van der Waals surface area contributed by atoms with Gasteiger partial charge in [-0.15, -0.1) is 13.2 Å². The van der Waals surface area contributed by atoms with Crippen LogP contribution in [0.1, 0.15) is 19.3 Å². The van der Waals surface area contributed by atoms with Crippen molar-refractivity contribution in [1.82, 2.24) is 15.6 Å². The number of carbonyl (C=O) groups is 2. The maximum atomic E-state index is 12.3. The maximum absolute atomic E-state index is 12.3. The quantitative estimate of drug-likeness (QED) is 0.662. The third-order valence-electron chi connectivity index (χ3n) is 3.93. The number of thiazole rings is 1. The summed E-state index contributed by atoms with van der Waals surface area (Å²) in [6.07, 6.45) is -3.23. The molecule has 1 heterocycles. The van der Waals surface area contributed by atoms with Crippen LogP contribution in [-0.2, 0) is 9.59 Å². The highest BCUT2D eigenvalue weighted by atomic mass is 32.1. The van der Waals surface area contributed by atoms with Gasteiger partial charge in [0.05, 0.1) is 23.2 Å². The van der Waals surface area contributed by atoms with E-state index >= 15 is 0 Å². The number of benzene rings is 1. The van der Waals surface area contributed by atoms with Crippen molar-refractivity contribution in [2.75, 3.05) is 18.9 Å². The van der Waals surface area contributed by atoms with Crippen LogP contribution in [0.25, 0.3) is 10.2 Å². The largest absolute Gasteiger partial charge is 0.573 e. The van der Waals surface area contributed by atoms with Gasteiger partial charge < -0.3 is 20.7 Å². The zero-order valence-electron chi connectivity index (χ0n) is 14.3. The Morgan fingerprint density at radius 1 is 1.30 bits per heavy atom. The van der Waals surface area contributed by atoms with Crippen molar-refractivity contribution >= 4 is 38.5 Å². The molecule has 2 aromatic rings. The van der Waals surface area contributed by atoms with E-state index in [2.05, 4.69) is 25.7 Å². The molecule has 3 N–H and O–H groups in total. The summed E-state index contributed by atoms with van der Waals surface area (Å²) in [4.78, 5) is 28.1. The number of ether oxygens (including phenoxy) is 1. The van der Waals surface area contributed by atoms with Crippen LogP contribution in [0.4, 0.5) is 18.3 Å². The third-order valence-corrected chi connectivity index (χ3v) is 4.87. The molecule has 1 aromatic carbocycles. The van der Waals surface area contributed by atoms with Crippen LogP contribution in [0.5, 0.6) is 5.75 Å². The highest BCUT2D eigenvalue weighted by molar-refractivity contribution is 7.22. The van der Waals surface area contributed by atoms with Crippen molar-refractivity contribution in [3.05, 3.63) is 18.2 Å². The Morgan fingerprint density at radius 2 is 2.04 bits per heavy atom. The van der Waals surface area contributed by atoms with Gasteiger partial charge in [-0.05, 0) is 32.0 Å². The first-order valence-electron chi connectivity index (χ1n) is 8.10. The predicted octanol–water partition coefficient (Wildman–Crippen LogP) is 2.39. The molecule has 0 unspecified atom stereocenters. The Hall–Kier alpha value is -2.40. The first-order valence-corrected chi connectivity index (χ1v) is 8.91. The van der Waals surface area contributed by atoms with Gasteiger partial charge in [0.1, 0.15) is 5.75 Å². The minimum Gasteiger partial charge on any atom is -0.406 e. The number of anilines is 1. The van der Waals surface area contributed by atoms with E-state index in [4.69, 9.17) is 0 Å². The predicted molar refractivity (Wildman–Crippen MR) is 93.6 cm³/mol. The van der Waals surface area contributed by atoms with Gasteiger partial charge in [0.2, 0.25) is 11.8 Å². The fourth-order valence-corrected chi connectivity index (χ4v) is 3.53. The average Bonchev–Trinajstić information content (AvgIpc) is 3.14. The lowest BCUT2D eigenvalue weighted by Gasteiger charge is -2.16. The molecule has 1 saturated carbocycles. The van der Waals surface area contributed by atoms with Crippen molar-refractivity contribution in [3.63, 3.8) is 0 Å². The normalized spacial score (nSPS) is 15.4. The molecule has 146 valence electrons. The number of halogens is 3. The number of rotatable bonds is 7. The van der Waals surface area contributed by atoms with Gasteiger partial charge in [-0.3, -0.25) is 9.59 Å². The molecular formula is C16H17F3N4O3S. The standard InChI is InChI=1S/C16H17F3N4O3S/c1-20-8-13(25)23-15(4-5-15)7-12(24)22-14-21-10-3-2-9(6-11(10)27-14)26-16(17,18)19/h2-3,6,20H,4-5,7-8H2,1H3,(H,23,25)(H,21,22,24). The molecule has 3 rings (SSSR count). The lowest BCUT2D eigenvalue weighted by molar-refractivity contribution is -0.274. The maximum Gasteiger partial charge on any atom is 0.573 e. The second-order valence-electron chi connectivity index (χ2n) is 6.28. The first kappa shape index (κ1) is 19.4. The number of carbonyl (C=O) groups excluding carboxylic acids is 2. The third kappa shape index (κ3) is 5.30. The molecule has 1 aromatic heterocycles. The number of alkyl halides is 3. The Kier molecular flexibility index (Phi) is 5.24. The zero-order valence-corrected chi connectivity index (χ0v) is 15.1. The smallest absolute Gasteiger partial charge is 0.406 e. The molecule has 0 atom stereocenters. The SMILES string of the molecule is CNCC(=O)NC1(CC(=O)Nc2nc3ccc(OC(F)(F)F)cc3s2)CC1. The van der Waals surface area contributed by atoms with Crippen LogP contribution in [0.2, 0.25) is 0 Å². The molecule has 7 nitrogen and oxygen atoms in total. The van der Waals surface area contributed by atoms with E-state index in [0.29, 0.717) is 23.1 Å². The summed E-state index contributed by atoms with van der Waals surface area (Å²) in [5.74, 6) is -0.844. The van der Waals surface area contributed by atoms with Crippen LogP contribution >= 0.6 is 11.3 Å². The summed E-state index contributed by atoms with van der Waals surface area (Å²) < 4.78 is 41.2. The molecule has 0 aliphatic heterocycles. The van der Waals surface area contributed by atoms with E-state index in [1.165, 1.54) is 12.1 Å². The number of fused-ring (bicyclic) bond motifs is 1. The average molecular weight is 402 g/mol. The van der Waals surface area contributed by atoms with Crippen molar-refractivity contribution in [1.29, 1.82) is 0 Å². The number of nitrogens with zero attached hydrogens (tertiary/aromatic N) is 1. The summed E-state index contributed by atoms with van der Waals surface area (Å²) >= 11 is 1.05. The van der Waals surface area contributed by atoms with E-state index in [1.807, 2.05) is 0 Å². The van der Waals surface area contributed by atoms with Gasteiger partial charge in [-0.1, -0.05) is 11.3 Å². The van der Waals surface area contributed by atoms with Crippen LogP contribution in [-0.4, -0.2) is 42.3 Å². The molecule has 11 heteroatoms. The number of likely N-dealkylation sites (N-methyl/N-ethyl adjacent to an activating group) is 1.